The minimum Gasteiger partial charge on any atom is -0.340 e. The fourth-order valence-corrected chi connectivity index (χ4v) is 4.76. The monoisotopic (exact) mass is 536 g/mol. The van der Waals surface area contributed by atoms with Crippen molar-refractivity contribution in [2.24, 2.45) is 0 Å². The number of thiazole rings is 1. The van der Waals surface area contributed by atoms with Crippen LogP contribution in [-0.2, 0) is 20.9 Å². The van der Waals surface area contributed by atoms with Crippen LogP contribution in [0.4, 0.5) is 4.39 Å². The van der Waals surface area contributed by atoms with E-state index < -0.39 is 34.3 Å². The third-order valence-corrected chi connectivity index (χ3v) is 7.09. The highest BCUT2D eigenvalue weighted by atomic mass is 32.1. The molecule has 0 unspecified atom stereocenters. The SMILES string of the molecule is CC(C)(F)C(=O)N[C@H](C(=O)N1CCC[C@H]1C=O)C(C)(C)S.CNCc1ccc(-c2scnc2C)cc1. The van der Waals surface area contributed by atoms with Crippen molar-refractivity contribution in [2.75, 3.05) is 13.6 Å². The van der Waals surface area contributed by atoms with Crippen LogP contribution in [0.5, 0.6) is 0 Å². The summed E-state index contributed by atoms with van der Waals surface area (Å²) in [7, 11) is 1.96. The number of aryl methyl sites for hydroxylation is 1. The molecular formula is C26H37FN4O3S2. The molecule has 2 atom stereocenters. The topological polar surface area (TPSA) is 91.4 Å². The van der Waals surface area contributed by atoms with Gasteiger partial charge in [0.1, 0.15) is 12.3 Å². The average Bonchev–Trinajstić information content (AvgIpc) is 3.45. The minimum atomic E-state index is -2.09. The maximum absolute atomic E-state index is 13.7. The van der Waals surface area contributed by atoms with E-state index in [-0.39, 0.29) is 0 Å². The van der Waals surface area contributed by atoms with Gasteiger partial charge in [0.2, 0.25) is 5.91 Å². The molecule has 2 N–H and O–H groups in total. The highest BCUT2D eigenvalue weighted by Gasteiger charge is 2.42. The summed E-state index contributed by atoms with van der Waals surface area (Å²) in [4.78, 5) is 42.4. The lowest BCUT2D eigenvalue weighted by atomic mass is 9.99. The van der Waals surface area contributed by atoms with E-state index in [0.717, 1.165) is 38.8 Å². The number of benzene rings is 1. The summed E-state index contributed by atoms with van der Waals surface area (Å²) in [6.07, 6.45) is 2.07. The molecule has 0 saturated carbocycles. The molecule has 1 aromatic heterocycles. The highest BCUT2D eigenvalue weighted by molar-refractivity contribution is 7.81. The van der Waals surface area contributed by atoms with Crippen molar-refractivity contribution < 1.29 is 18.8 Å². The minimum absolute atomic E-state index is 0.401. The second-order valence-electron chi connectivity index (χ2n) is 9.90. The summed E-state index contributed by atoms with van der Waals surface area (Å²) in [6, 6.07) is 7.16. The lowest BCUT2D eigenvalue weighted by molar-refractivity contribution is -0.141. The number of nitrogens with zero attached hydrogens (tertiary/aromatic N) is 2. The number of aromatic nitrogens is 1. The van der Waals surface area contributed by atoms with Crippen LogP contribution in [0.2, 0.25) is 0 Å². The van der Waals surface area contributed by atoms with E-state index in [1.165, 1.54) is 20.9 Å². The molecule has 2 heterocycles. The number of likely N-dealkylation sites (tertiary alicyclic amines) is 1. The van der Waals surface area contributed by atoms with Crippen LogP contribution in [-0.4, -0.2) is 64.1 Å². The second kappa shape index (κ2) is 12.8. The van der Waals surface area contributed by atoms with E-state index in [9.17, 15) is 18.8 Å². The van der Waals surface area contributed by atoms with Gasteiger partial charge in [-0.2, -0.15) is 12.6 Å². The Hall–Kier alpha value is -2.30. The molecule has 2 aromatic rings. The Bertz CT molecular complexity index is 1030. The van der Waals surface area contributed by atoms with E-state index >= 15 is 0 Å². The number of alkyl halides is 1. The quantitative estimate of drug-likeness (QED) is 0.351. The number of rotatable bonds is 8. The number of halogens is 1. The van der Waals surface area contributed by atoms with Gasteiger partial charge in [-0.05, 0) is 65.6 Å². The number of hydrogen-bond donors (Lipinski definition) is 3. The van der Waals surface area contributed by atoms with Crippen LogP contribution in [0.3, 0.4) is 0 Å². The van der Waals surface area contributed by atoms with Gasteiger partial charge < -0.3 is 20.3 Å². The molecule has 198 valence electrons. The Morgan fingerprint density at radius 2 is 1.92 bits per heavy atom. The molecule has 3 rings (SSSR count). The second-order valence-corrected chi connectivity index (χ2v) is 11.9. The summed E-state index contributed by atoms with van der Waals surface area (Å²) < 4.78 is 12.8. The number of amides is 2. The summed E-state index contributed by atoms with van der Waals surface area (Å²) in [6.45, 7) is 9.00. The first-order chi connectivity index (χ1) is 16.8. The van der Waals surface area contributed by atoms with Gasteiger partial charge in [0.15, 0.2) is 5.67 Å². The molecule has 1 aromatic carbocycles. The van der Waals surface area contributed by atoms with Crippen LogP contribution in [0.15, 0.2) is 29.8 Å². The summed E-state index contributed by atoms with van der Waals surface area (Å²) in [5, 5.41) is 5.56. The smallest absolute Gasteiger partial charge is 0.257 e. The lowest BCUT2D eigenvalue weighted by Crippen LogP contribution is -2.59. The van der Waals surface area contributed by atoms with Gasteiger partial charge in [0.25, 0.3) is 5.91 Å². The van der Waals surface area contributed by atoms with Crippen molar-refractivity contribution in [1.82, 2.24) is 20.5 Å². The Labute approximate surface area is 222 Å². The van der Waals surface area contributed by atoms with Gasteiger partial charge >= 0.3 is 0 Å². The fraction of sp³-hybridized carbons (Fsp3) is 0.538. The zero-order valence-corrected chi connectivity index (χ0v) is 23.5. The number of carbonyl (C=O) groups is 3. The van der Waals surface area contributed by atoms with Crippen molar-refractivity contribution in [3.63, 3.8) is 0 Å². The molecule has 1 fully saturated rings. The van der Waals surface area contributed by atoms with Gasteiger partial charge in [-0.15, -0.1) is 11.3 Å². The predicted molar refractivity (Wildman–Crippen MR) is 146 cm³/mol. The van der Waals surface area contributed by atoms with Gasteiger partial charge in [0, 0.05) is 17.8 Å². The van der Waals surface area contributed by atoms with Crippen LogP contribution in [0.25, 0.3) is 10.4 Å². The van der Waals surface area contributed by atoms with E-state index in [0.29, 0.717) is 13.0 Å². The molecule has 7 nitrogen and oxygen atoms in total. The standard InChI is InChI=1S/C14H23FN2O3S.C12H14N2S/c1-13(2,15)12(20)16-10(14(3,4)21)11(19)17-7-5-6-9(17)8-18;1-9-12(15-8-14-9)11-5-3-10(4-6-11)7-13-2/h8-10,21H,5-7H2,1-4H3,(H,16,20);3-6,8,13H,7H2,1-2H3/t9-,10+;/m0./s1. The third kappa shape index (κ3) is 8.11. The Balaban J connectivity index is 0.000000267. The molecule has 36 heavy (non-hydrogen) atoms. The van der Waals surface area contributed by atoms with E-state index in [4.69, 9.17) is 0 Å². The molecule has 10 heteroatoms. The van der Waals surface area contributed by atoms with E-state index in [1.54, 1.807) is 25.2 Å². The Morgan fingerprint density at radius 3 is 2.39 bits per heavy atom. The first kappa shape index (κ1) is 29.9. The van der Waals surface area contributed by atoms with E-state index in [2.05, 4.69) is 52.5 Å². The molecule has 1 aliphatic heterocycles. The van der Waals surface area contributed by atoms with Crippen LogP contribution >= 0.6 is 24.0 Å². The number of nitrogens with one attached hydrogen (secondary N) is 2. The molecule has 2 amide bonds. The maximum atomic E-state index is 13.7. The Kier molecular flexibility index (Phi) is 10.6. The number of hydrogen-bond acceptors (Lipinski definition) is 7. The molecule has 0 aliphatic carbocycles. The Morgan fingerprint density at radius 1 is 1.28 bits per heavy atom. The normalized spacial score (nSPS) is 16.7. The van der Waals surface area contributed by atoms with Gasteiger partial charge in [-0.3, -0.25) is 9.59 Å². The van der Waals surface area contributed by atoms with Gasteiger partial charge in [-0.25, -0.2) is 9.37 Å². The van der Waals surface area contributed by atoms with Crippen molar-refractivity contribution in [3.8, 4) is 10.4 Å². The largest absolute Gasteiger partial charge is 0.340 e. The number of carbonyl (C=O) groups excluding carboxylic acids is 3. The van der Waals surface area contributed by atoms with Crippen molar-refractivity contribution in [1.29, 1.82) is 0 Å². The number of aldehydes is 1. The van der Waals surface area contributed by atoms with Crippen molar-refractivity contribution in [3.05, 3.63) is 41.0 Å². The molecule has 0 radical (unpaired) electrons. The average molecular weight is 537 g/mol. The van der Waals surface area contributed by atoms with Crippen LogP contribution in [0, 0.1) is 6.92 Å². The molecule has 0 bridgehead atoms. The summed E-state index contributed by atoms with van der Waals surface area (Å²) >= 11 is 6.03. The van der Waals surface area contributed by atoms with E-state index in [1.807, 2.05) is 19.5 Å². The predicted octanol–water partition coefficient (Wildman–Crippen LogP) is 3.96. The maximum Gasteiger partial charge on any atom is 0.257 e. The van der Waals surface area contributed by atoms with Crippen LogP contribution < -0.4 is 10.6 Å². The zero-order chi connectivity index (χ0) is 27.1. The highest BCUT2D eigenvalue weighted by Crippen LogP contribution is 2.27. The van der Waals surface area contributed by atoms with Gasteiger partial charge in [0.05, 0.1) is 22.1 Å². The third-order valence-electron chi connectivity index (χ3n) is 5.85. The fourth-order valence-electron chi connectivity index (χ4n) is 3.77. The summed E-state index contributed by atoms with van der Waals surface area (Å²) in [5.74, 6) is -1.27. The lowest BCUT2D eigenvalue weighted by Gasteiger charge is -2.35. The number of thiol groups is 1. The molecular weight excluding hydrogens is 499 g/mol. The first-order valence-corrected chi connectivity index (χ1v) is 13.2. The molecule has 1 saturated heterocycles. The first-order valence-electron chi connectivity index (χ1n) is 11.9. The molecule has 0 spiro atoms. The zero-order valence-electron chi connectivity index (χ0n) is 21.8. The molecule has 1 aliphatic rings. The van der Waals surface area contributed by atoms with Gasteiger partial charge in [-0.1, -0.05) is 24.3 Å². The van der Waals surface area contributed by atoms with Crippen molar-refractivity contribution >= 4 is 42.1 Å². The van der Waals surface area contributed by atoms with Crippen LogP contribution in [0.1, 0.15) is 51.8 Å². The van der Waals surface area contributed by atoms with Crippen molar-refractivity contribution in [2.45, 2.75) is 76.5 Å². The summed E-state index contributed by atoms with van der Waals surface area (Å²) in [5.41, 5.74) is 3.48.